The van der Waals surface area contributed by atoms with Crippen LogP contribution in [0, 0.1) is 0 Å². The minimum Gasteiger partial charge on any atom is -0.448 e. The number of halogens is 1. The molecule has 0 saturated heterocycles. The predicted molar refractivity (Wildman–Crippen MR) is 37.5 cm³/mol. The van der Waals surface area contributed by atoms with E-state index in [0.29, 0.717) is 0 Å². The van der Waals surface area contributed by atoms with E-state index in [1.54, 1.807) is 6.92 Å². The molecule has 1 aromatic heterocycles. The summed E-state index contributed by atoms with van der Waals surface area (Å²) in [7, 11) is 0. The fourth-order valence-corrected chi connectivity index (χ4v) is 0.677. The normalized spacial score (nSPS) is 9.64. The molecule has 60 valence electrons. The topological polar surface area (TPSA) is 57.0 Å². The monoisotopic (exact) mass is 175 g/mol. The number of nitrogens with zero attached hydrogens (tertiary/aromatic N) is 3. The van der Waals surface area contributed by atoms with Gasteiger partial charge in [-0.3, -0.25) is 0 Å². The van der Waals surface area contributed by atoms with Crippen LogP contribution in [0.15, 0.2) is 6.20 Å². The summed E-state index contributed by atoms with van der Waals surface area (Å²) in [6.45, 7) is 1.98. The first kappa shape index (κ1) is 8.00. The summed E-state index contributed by atoms with van der Waals surface area (Å²) in [5.41, 5.74) is 0. The van der Waals surface area contributed by atoms with Crippen LogP contribution in [0.3, 0.4) is 0 Å². The summed E-state index contributed by atoms with van der Waals surface area (Å²) in [4.78, 5) is 10.9. The summed E-state index contributed by atoms with van der Waals surface area (Å²) in [6, 6.07) is 0. The minimum atomic E-state index is -0.616. The summed E-state index contributed by atoms with van der Waals surface area (Å²) < 4.78 is 5.48. The molecule has 0 aliphatic rings. The molecule has 1 rings (SSSR count). The zero-order chi connectivity index (χ0) is 8.27. The number of carbonyl (C=O) groups excluding carboxylic acids is 1. The molecule has 6 heteroatoms. The second-order valence-corrected chi connectivity index (χ2v) is 2.05. The number of ether oxygens (including phenoxy) is 1. The highest BCUT2D eigenvalue weighted by molar-refractivity contribution is 6.30. The molecule has 0 unspecified atom stereocenters. The molecule has 0 amide bonds. The molecule has 0 radical (unpaired) electrons. The van der Waals surface area contributed by atoms with Crippen LogP contribution in [-0.4, -0.2) is 27.7 Å². The average Bonchev–Trinajstić information content (AvgIpc) is 2.36. The molecule has 5 nitrogen and oxygen atoms in total. The lowest BCUT2D eigenvalue weighted by atomic mass is 10.8. The van der Waals surface area contributed by atoms with Crippen molar-refractivity contribution in [3.05, 3.63) is 11.3 Å². The Morgan fingerprint density at radius 1 is 1.91 bits per heavy atom. The maximum absolute atomic E-state index is 10.9. The van der Waals surface area contributed by atoms with Crippen molar-refractivity contribution in [2.24, 2.45) is 0 Å². The minimum absolute atomic E-state index is 0.142. The third kappa shape index (κ3) is 1.68. The molecule has 0 bridgehead atoms. The second-order valence-electron chi connectivity index (χ2n) is 1.67. The highest BCUT2D eigenvalue weighted by Crippen LogP contribution is 2.03. The van der Waals surface area contributed by atoms with Gasteiger partial charge in [0.1, 0.15) is 0 Å². The van der Waals surface area contributed by atoms with Gasteiger partial charge in [-0.15, -0.1) is 9.78 Å². The fraction of sp³-hybridized carbons (Fsp3) is 0.400. The van der Waals surface area contributed by atoms with Gasteiger partial charge in [0, 0.05) is 0 Å². The zero-order valence-corrected chi connectivity index (χ0v) is 6.58. The van der Waals surface area contributed by atoms with Crippen LogP contribution in [0.2, 0.25) is 5.15 Å². The van der Waals surface area contributed by atoms with Crippen molar-refractivity contribution < 1.29 is 9.53 Å². The highest BCUT2D eigenvalue weighted by Gasteiger charge is 2.09. The van der Waals surface area contributed by atoms with Crippen LogP contribution in [0.1, 0.15) is 6.92 Å². The average molecular weight is 176 g/mol. The Balaban J connectivity index is 2.76. The maximum Gasteiger partial charge on any atom is 0.437 e. The molecular weight excluding hydrogens is 170 g/mol. The van der Waals surface area contributed by atoms with Gasteiger partial charge in [0.05, 0.1) is 12.8 Å². The highest BCUT2D eigenvalue weighted by atomic mass is 35.5. The standard InChI is InChI=1S/C5H6ClN3O2/c1-2-11-5(10)9-4(6)3-7-8-9/h3H,2H2,1H3. The van der Waals surface area contributed by atoms with E-state index in [9.17, 15) is 4.79 Å². The van der Waals surface area contributed by atoms with E-state index in [1.807, 2.05) is 0 Å². The lowest BCUT2D eigenvalue weighted by molar-refractivity contribution is 0.150. The van der Waals surface area contributed by atoms with E-state index in [2.05, 4.69) is 15.0 Å². The van der Waals surface area contributed by atoms with Crippen molar-refractivity contribution in [3.63, 3.8) is 0 Å². The van der Waals surface area contributed by atoms with Gasteiger partial charge in [-0.1, -0.05) is 16.8 Å². The Bertz CT molecular complexity index is 260. The summed E-state index contributed by atoms with van der Waals surface area (Å²) in [5.74, 6) is 0. The van der Waals surface area contributed by atoms with Gasteiger partial charge < -0.3 is 4.74 Å². The lowest BCUT2D eigenvalue weighted by Gasteiger charge is -1.98. The molecule has 0 aromatic carbocycles. The van der Waals surface area contributed by atoms with Crippen LogP contribution in [0.4, 0.5) is 4.79 Å². The van der Waals surface area contributed by atoms with Crippen molar-refractivity contribution >= 4 is 17.7 Å². The van der Waals surface area contributed by atoms with Crippen molar-refractivity contribution in [3.8, 4) is 0 Å². The predicted octanol–water partition coefficient (Wildman–Crippen LogP) is 0.936. The van der Waals surface area contributed by atoms with E-state index in [-0.39, 0.29) is 11.8 Å². The van der Waals surface area contributed by atoms with Crippen LogP contribution >= 0.6 is 11.6 Å². The Hall–Kier alpha value is -1.10. The van der Waals surface area contributed by atoms with Gasteiger partial charge in [0.2, 0.25) is 0 Å². The lowest BCUT2D eigenvalue weighted by Crippen LogP contribution is -2.15. The number of carbonyl (C=O) groups is 1. The molecule has 0 N–H and O–H groups in total. The van der Waals surface area contributed by atoms with Crippen molar-refractivity contribution in [2.45, 2.75) is 6.92 Å². The molecule has 0 saturated carbocycles. The zero-order valence-electron chi connectivity index (χ0n) is 5.82. The van der Waals surface area contributed by atoms with E-state index in [1.165, 1.54) is 6.20 Å². The summed E-state index contributed by atoms with van der Waals surface area (Å²) in [5, 5.41) is 6.94. The molecule has 0 spiro atoms. The fourth-order valence-electron chi connectivity index (χ4n) is 0.531. The van der Waals surface area contributed by atoms with Gasteiger partial charge in [-0.05, 0) is 6.92 Å². The Kier molecular flexibility index (Phi) is 2.43. The molecule has 0 fully saturated rings. The number of aromatic nitrogens is 3. The molecule has 0 atom stereocenters. The Morgan fingerprint density at radius 3 is 3.09 bits per heavy atom. The van der Waals surface area contributed by atoms with Gasteiger partial charge in [-0.25, -0.2) is 4.79 Å². The van der Waals surface area contributed by atoms with Crippen LogP contribution < -0.4 is 0 Å². The maximum atomic E-state index is 10.9. The quantitative estimate of drug-likeness (QED) is 0.637. The van der Waals surface area contributed by atoms with Gasteiger partial charge in [0.25, 0.3) is 0 Å². The van der Waals surface area contributed by atoms with E-state index >= 15 is 0 Å². The number of hydrogen-bond donors (Lipinski definition) is 0. The second kappa shape index (κ2) is 3.34. The SMILES string of the molecule is CCOC(=O)n1nncc1Cl. The molecule has 1 aromatic rings. The molecular formula is C5H6ClN3O2. The van der Waals surface area contributed by atoms with E-state index in [4.69, 9.17) is 11.6 Å². The van der Waals surface area contributed by atoms with Crippen LogP contribution in [-0.2, 0) is 4.74 Å². The van der Waals surface area contributed by atoms with Gasteiger partial charge >= 0.3 is 6.09 Å². The van der Waals surface area contributed by atoms with Crippen molar-refractivity contribution in [1.29, 1.82) is 0 Å². The van der Waals surface area contributed by atoms with Crippen molar-refractivity contribution in [1.82, 2.24) is 15.0 Å². The third-order valence-electron chi connectivity index (χ3n) is 0.948. The third-order valence-corrected chi connectivity index (χ3v) is 1.21. The van der Waals surface area contributed by atoms with Crippen molar-refractivity contribution in [2.75, 3.05) is 6.61 Å². The first-order chi connectivity index (χ1) is 5.25. The van der Waals surface area contributed by atoms with Gasteiger partial charge in [-0.2, -0.15) is 0 Å². The largest absolute Gasteiger partial charge is 0.448 e. The number of rotatable bonds is 1. The Labute approximate surface area is 67.9 Å². The molecule has 0 aliphatic carbocycles. The van der Waals surface area contributed by atoms with Crippen LogP contribution in [0.25, 0.3) is 0 Å². The van der Waals surface area contributed by atoms with Gasteiger partial charge in [0.15, 0.2) is 5.15 Å². The van der Waals surface area contributed by atoms with E-state index < -0.39 is 6.09 Å². The summed E-state index contributed by atoms with van der Waals surface area (Å²) in [6.07, 6.45) is 0.647. The smallest absolute Gasteiger partial charge is 0.437 e. The molecule has 11 heavy (non-hydrogen) atoms. The summed E-state index contributed by atoms with van der Waals surface area (Å²) >= 11 is 5.51. The number of hydrogen-bond acceptors (Lipinski definition) is 4. The molecule has 1 heterocycles. The molecule has 0 aliphatic heterocycles. The van der Waals surface area contributed by atoms with Crippen LogP contribution in [0.5, 0.6) is 0 Å². The Morgan fingerprint density at radius 2 is 2.64 bits per heavy atom. The first-order valence-corrected chi connectivity index (χ1v) is 3.37. The van der Waals surface area contributed by atoms with E-state index in [0.717, 1.165) is 4.68 Å². The first-order valence-electron chi connectivity index (χ1n) is 2.99.